The van der Waals surface area contributed by atoms with Gasteiger partial charge in [0.1, 0.15) is 11.6 Å². The number of ether oxygens (including phenoxy) is 3. The summed E-state index contributed by atoms with van der Waals surface area (Å²) in [7, 11) is 3.15. The number of nitrogens with zero attached hydrogens (tertiary/aromatic N) is 5. The van der Waals surface area contributed by atoms with E-state index in [1.165, 1.54) is 4.57 Å². The zero-order valence-electron chi connectivity index (χ0n) is 19.9. The number of halogens is 2. The Morgan fingerprint density at radius 1 is 0.944 bits per heavy atom. The van der Waals surface area contributed by atoms with Gasteiger partial charge in [0, 0.05) is 25.7 Å². The number of methoxy groups -OCH3 is 2. The fourth-order valence-electron chi connectivity index (χ4n) is 4.17. The third kappa shape index (κ3) is 4.74. The van der Waals surface area contributed by atoms with Crippen LogP contribution in [0.3, 0.4) is 0 Å². The molecule has 9 nitrogen and oxygen atoms in total. The van der Waals surface area contributed by atoms with Crippen LogP contribution in [0.1, 0.15) is 17.8 Å². The van der Waals surface area contributed by atoms with Gasteiger partial charge in [-0.05, 0) is 29.8 Å². The molecule has 1 saturated heterocycles. The van der Waals surface area contributed by atoms with Gasteiger partial charge < -0.3 is 24.4 Å². The van der Waals surface area contributed by atoms with Gasteiger partial charge in [-0.1, -0.05) is 18.2 Å². The van der Waals surface area contributed by atoms with Gasteiger partial charge in [0.2, 0.25) is 5.95 Å². The predicted octanol–water partition coefficient (Wildman–Crippen LogP) is 4.22. The molecule has 11 heteroatoms. The minimum Gasteiger partial charge on any atom is -0.493 e. The molecule has 4 aromatic rings. The molecular weight excluding hydrogens is 470 g/mol. The number of benzene rings is 2. The van der Waals surface area contributed by atoms with E-state index >= 15 is 0 Å². The number of para-hydroxylation sites is 2. The Balaban J connectivity index is 1.55. The van der Waals surface area contributed by atoms with Crippen molar-refractivity contribution in [3.63, 3.8) is 0 Å². The van der Waals surface area contributed by atoms with E-state index in [2.05, 4.69) is 25.2 Å². The van der Waals surface area contributed by atoms with Crippen molar-refractivity contribution in [3.8, 4) is 17.3 Å². The second-order valence-corrected chi connectivity index (χ2v) is 8.15. The minimum atomic E-state index is -2.78. The third-order valence-corrected chi connectivity index (χ3v) is 5.94. The average molecular weight is 497 g/mol. The molecule has 0 amide bonds. The van der Waals surface area contributed by atoms with Crippen molar-refractivity contribution in [2.45, 2.75) is 13.0 Å². The van der Waals surface area contributed by atoms with Crippen molar-refractivity contribution in [1.82, 2.24) is 19.5 Å². The molecule has 1 aliphatic heterocycles. The van der Waals surface area contributed by atoms with Crippen LogP contribution in [0.15, 0.2) is 48.5 Å². The molecule has 3 heterocycles. The lowest BCUT2D eigenvalue weighted by Crippen LogP contribution is -2.37. The Bertz CT molecular complexity index is 1360. The minimum absolute atomic E-state index is 0.307. The van der Waals surface area contributed by atoms with Crippen LogP contribution in [0.4, 0.5) is 20.5 Å². The quantitative estimate of drug-likeness (QED) is 0.388. The first-order valence-corrected chi connectivity index (χ1v) is 11.5. The maximum Gasteiger partial charge on any atom is 0.296 e. The van der Waals surface area contributed by atoms with Crippen LogP contribution in [-0.2, 0) is 11.3 Å². The molecule has 188 valence electrons. The lowest BCUT2D eigenvalue weighted by Gasteiger charge is -2.28. The van der Waals surface area contributed by atoms with Crippen molar-refractivity contribution in [3.05, 3.63) is 59.9 Å². The molecular formula is C25H26F2N6O3. The molecule has 0 bridgehead atoms. The number of nitrogens with one attached hydrogen (secondary N) is 1. The second kappa shape index (κ2) is 10.3. The maximum absolute atomic E-state index is 14.0. The first-order valence-electron chi connectivity index (χ1n) is 11.5. The average Bonchev–Trinajstić information content (AvgIpc) is 3.32. The molecule has 0 radical (unpaired) electrons. The van der Waals surface area contributed by atoms with E-state index in [4.69, 9.17) is 14.2 Å². The summed E-state index contributed by atoms with van der Waals surface area (Å²) >= 11 is 0. The largest absolute Gasteiger partial charge is 0.493 e. The molecule has 1 fully saturated rings. The van der Waals surface area contributed by atoms with E-state index in [1.54, 1.807) is 44.6 Å². The van der Waals surface area contributed by atoms with Gasteiger partial charge in [-0.15, -0.1) is 0 Å². The second-order valence-electron chi connectivity index (χ2n) is 8.15. The fraction of sp³-hybridized carbons (Fsp3) is 0.320. The Kier molecular flexibility index (Phi) is 6.81. The number of morpholine rings is 1. The van der Waals surface area contributed by atoms with Crippen LogP contribution in [0.5, 0.6) is 11.5 Å². The summed E-state index contributed by atoms with van der Waals surface area (Å²) in [5, 5.41) is 3.23. The highest BCUT2D eigenvalue weighted by Crippen LogP contribution is 2.30. The van der Waals surface area contributed by atoms with Crippen molar-refractivity contribution in [2.75, 3.05) is 50.7 Å². The number of rotatable bonds is 8. The van der Waals surface area contributed by atoms with Crippen LogP contribution in [0.25, 0.3) is 16.9 Å². The highest BCUT2D eigenvalue weighted by Gasteiger charge is 2.23. The van der Waals surface area contributed by atoms with E-state index < -0.39 is 6.43 Å². The van der Waals surface area contributed by atoms with E-state index in [0.717, 1.165) is 5.56 Å². The summed E-state index contributed by atoms with van der Waals surface area (Å²) in [5.74, 6) is 2.10. The van der Waals surface area contributed by atoms with E-state index in [-0.39, 0.29) is 5.82 Å². The molecule has 0 aliphatic carbocycles. The van der Waals surface area contributed by atoms with Crippen LogP contribution < -0.4 is 19.7 Å². The van der Waals surface area contributed by atoms with Gasteiger partial charge in [0.25, 0.3) is 6.43 Å². The molecule has 0 atom stereocenters. The summed E-state index contributed by atoms with van der Waals surface area (Å²) in [6.07, 6.45) is -2.78. The summed E-state index contributed by atoms with van der Waals surface area (Å²) in [6, 6.07) is 14.3. The smallest absolute Gasteiger partial charge is 0.296 e. The standard InChI is InChI=1S/C25H26F2N6O3/c1-34-19-8-7-16(13-20(19)35-2)15-28-25-30-21(32-9-11-36-12-10-32)14-22(31-25)33-18-6-4-3-5-17(18)29-24(33)23(26)27/h3-8,13-14,23H,9-12,15H2,1-2H3,(H,28,30,31). The Labute approximate surface area is 206 Å². The zero-order valence-corrected chi connectivity index (χ0v) is 19.9. The molecule has 1 aliphatic rings. The maximum atomic E-state index is 14.0. The normalized spacial score (nSPS) is 13.9. The van der Waals surface area contributed by atoms with Gasteiger partial charge in [-0.3, -0.25) is 4.57 Å². The van der Waals surface area contributed by atoms with E-state index in [1.807, 2.05) is 18.2 Å². The van der Waals surface area contributed by atoms with Gasteiger partial charge in [-0.2, -0.15) is 9.97 Å². The highest BCUT2D eigenvalue weighted by atomic mass is 19.3. The number of fused-ring (bicyclic) bond motifs is 1. The van der Waals surface area contributed by atoms with Crippen molar-refractivity contribution in [2.24, 2.45) is 0 Å². The lowest BCUT2D eigenvalue weighted by molar-refractivity contribution is 0.122. The Morgan fingerprint density at radius 2 is 1.69 bits per heavy atom. The van der Waals surface area contributed by atoms with Crippen molar-refractivity contribution < 1.29 is 23.0 Å². The molecule has 0 spiro atoms. The first-order chi connectivity index (χ1) is 17.6. The zero-order chi connectivity index (χ0) is 25.1. The van der Waals surface area contributed by atoms with Crippen LogP contribution >= 0.6 is 0 Å². The number of imidazole rings is 1. The number of hydrogen-bond acceptors (Lipinski definition) is 8. The number of hydrogen-bond donors (Lipinski definition) is 1. The molecule has 0 saturated carbocycles. The lowest BCUT2D eigenvalue weighted by atomic mass is 10.2. The van der Waals surface area contributed by atoms with Crippen molar-refractivity contribution >= 4 is 22.8 Å². The molecule has 1 N–H and O–H groups in total. The topological polar surface area (TPSA) is 86.6 Å². The highest BCUT2D eigenvalue weighted by molar-refractivity contribution is 5.78. The molecule has 0 unspecified atom stereocenters. The Hall–Kier alpha value is -3.99. The summed E-state index contributed by atoms with van der Waals surface area (Å²) in [6.45, 7) is 2.78. The molecule has 5 rings (SSSR count). The van der Waals surface area contributed by atoms with E-state index in [0.29, 0.717) is 73.0 Å². The number of alkyl halides is 2. The fourth-order valence-corrected chi connectivity index (χ4v) is 4.17. The van der Waals surface area contributed by atoms with E-state index in [9.17, 15) is 8.78 Å². The SMILES string of the molecule is COc1ccc(CNc2nc(N3CCOCC3)cc(-n3c(C(F)F)nc4ccccc43)n2)cc1OC. The van der Waals surface area contributed by atoms with Crippen LogP contribution in [0, 0.1) is 0 Å². The van der Waals surface area contributed by atoms with Gasteiger partial charge >= 0.3 is 0 Å². The predicted molar refractivity (Wildman–Crippen MR) is 132 cm³/mol. The summed E-state index contributed by atoms with van der Waals surface area (Å²) in [4.78, 5) is 15.5. The summed E-state index contributed by atoms with van der Waals surface area (Å²) in [5.41, 5.74) is 1.93. The number of anilines is 2. The Morgan fingerprint density at radius 3 is 2.44 bits per heavy atom. The molecule has 36 heavy (non-hydrogen) atoms. The summed E-state index contributed by atoms with van der Waals surface area (Å²) < 4.78 is 45.6. The van der Waals surface area contributed by atoms with Gasteiger partial charge in [0.15, 0.2) is 17.3 Å². The monoisotopic (exact) mass is 496 g/mol. The third-order valence-electron chi connectivity index (χ3n) is 5.94. The first kappa shape index (κ1) is 23.7. The van der Waals surface area contributed by atoms with Crippen LogP contribution in [-0.4, -0.2) is 60.0 Å². The van der Waals surface area contributed by atoms with Gasteiger partial charge in [0.05, 0.1) is 38.5 Å². The molecule has 2 aromatic heterocycles. The van der Waals surface area contributed by atoms with Crippen LogP contribution in [0.2, 0.25) is 0 Å². The van der Waals surface area contributed by atoms with Gasteiger partial charge in [-0.25, -0.2) is 13.8 Å². The number of aromatic nitrogens is 4. The van der Waals surface area contributed by atoms with Crippen molar-refractivity contribution in [1.29, 1.82) is 0 Å². The molecule has 2 aromatic carbocycles.